The summed E-state index contributed by atoms with van der Waals surface area (Å²) in [6.07, 6.45) is -1.35. The summed E-state index contributed by atoms with van der Waals surface area (Å²) in [4.78, 5) is 35.4. The first kappa shape index (κ1) is 21.4. The highest BCUT2D eigenvalue weighted by atomic mass is 35.5. The molecule has 2 aromatic rings. The minimum Gasteiger partial charge on any atom is -0.368 e. The zero-order chi connectivity index (χ0) is 21.7. The van der Waals surface area contributed by atoms with E-state index >= 15 is 0 Å². The number of fused-ring (bicyclic) bond motifs is 1. The van der Waals surface area contributed by atoms with Crippen molar-refractivity contribution in [2.24, 2.45) is 0 Å². The van der Waals surface area contributed by atoms with Crippen LogP contribution in [0.15, 0.2) is 34.0 Å². The molecular weight excluding hydrogens is 444 g/mol. The number of nitrogens with zero attached hydrogens (tertiary/aromatic N) is 1. The van der Waals surface area contributed by atoms with Crippen LogP contribution < -0.4 is 15.8 Å². The monoisotopic (exact) mass is 459 g/mol. The quantitative estimate of drug-likeness (QED) is 0.352. The summed E-state index contributed by atoms with van der Waals surface area (Å²) in [7, 11) is 1.72. The average molecular weight is 460 g/mol. The highest BCUT2D eigenvalue weighted by Gasteiger charge is 2.58. The summed E-state index contributed by atoms with van der Waals surface area (Å²) in [5.41, 5.74) is -4.06. The summed E-state index contributed by atoms with van der Waals surface area (Å²) in [6, 6.07) is 4.63. The third-order valence-electron chi connectivity index (χ3n) is 4.57. The summed E-state index contributed by atoms with van der Waals surface area (Å²) >= 11 is 5.89. The van der Waals surface area contributed by atoms with E-state index in [9.17, 15) is 24.0 Å². The van der Waals surface area contributed by atoms with E-state index in [1.807, 2.05) is 4.98 Å². The number of aromatic nitrogens is 2. The van der Waals surface area contributed by atoms with Crippen LogP contribution in [-0.4, -0.2) is 39.2 Å². The molecule has 10 nitrogen and oxygen atoms in total. The minimum absolute atomic E-state index is 0.0804. The molecule has 4 rings (SSSR count). The van der Waals surface area contributed by atoms with Crippen molar-refractivity contribution in [2.45, 2.75) is 37.5 Å². The second-order valence-electron chi connectivity index (χ2n) is 6.73. The van der Waals surface area contributed by atoms with Gasteiger partial charge in [-0.25, -0.2) is 4.79 Å². The van der Waals surface area contributed by atoms with Crippen LogP contribution in [0.3, 0.4) is 0 Å². The van der Waals surface area contributed by atoms with Gasteiger partial charge in [0.15, 0.2) is 19.3 Å². The molecule has 2 aliphatic rings. The zero-order valence-corrected chi connectivity index (χ0v) is 16.8. The third-order valence-corrected chi connectivity index (χ3v) is 6.22. The molecule has 0 aliphatic carbocycles. The lowest BCUT2D eigenvalue weighted by Gasteiger charge is -2.31. The molecule has 1 aromatic heterocycles. The van der Waals surface area contributed by atoms with Crippen LogP contribution >= 0.6 is 19.8 Å². The van der Waals surface area contributed by atoms with Crippen molar-refractivity contribution in [3.8, 4) is 5.75 Å². The van der Waals surface area contributed by atoms with E-state index in [-0.39, 0.29) is 25.2 Å². The third kappa shape index (κ3) is 4.17. The van der Waals surface area contributed by atoms with E-state index in [0.717, 1.165) is 4.57 Å². The molecule has 1 saturated heterocycles. The highest BCUT2D eigenvalue weighted by molar-refractivity contribution is 7.56. The molecule has 30 heavy (non-hydrogen) atoms. The molecule has 0 amide bonds. The molecule has 0 bridgehead atoms. The van der Waals surface area contributed by atoms with Gasteiger partial charge >= 0.3 is 13.9 Å². The first-order valence-corrected chi connectivity index (χ1v) is 10.6. The fourth-order valence-corrected chi connectivity index (χ4v) is 4.70. The van der Waals surface area contributed by atoms with Crippen LogP contribution in [0.2, 0.25) is 5.02 Å². The summed E-state index contributed by atoms with van der Waals surface area (Å²) in [5.74, 6) is -0.929. The molecule has 3 heterocycles. The highest BCUT2D eigenvalue weighted by Crippen LogP contribution is 2.63. The van der Waals surface area contributed by atoms with Crippen LogP contribution in [0.25, 0.3) is 0 Å². The smallest absolute Gasteiger partial charge is 0.368 e. The Morgan fingerprint density at radius 3 is 2.93 bits per heavy atom. The lowest BCUT2D eigenvalue weighted by atomic mass is 9.88. The van der Waals surface area contributed by atoms with Gasteiger partial charge in [-0.05, 0) is 31.0 Å². The Balaban J connectivity index is 1.48. The van der Waals surface area contributed by atoms with Gasteiger partial charge in [-0.1, -0.05) is 11.6 Å². The van der Waals surface area contributed by atoms with Crippen molar-refractivity contribution in [2.75, 3.05) is 0 Å². The molecule has 1 fully saturated rings. The van der Waals surface area contributed by atoms with E-state index < -0.39 is 43.3 Å². The molecule has 1 aromatic carbocycles. The van der Waals surface area contributed by atoms with E-state index in [2.05, 4.69) is 0 Å². The second kappa shape index (κ2) is 7.72. The minimum atomic E-state index is -4.07. The maximum absolute atomic E-state index is 13.5. The van der Waals surface area contributed by atoms with Crippen LogP contribution in [0, 0.1) is 5.82 Å². The van der Waals surface area contributed by atoms with Crippen LogP contribution in [0.5, 0.6) is 5.75 Å². The molecule has 3 N–H and O–H groups in total. The first-order chi connectivity index (χ1) is 14.1. The van der Waals surface area contributed by atoms with Gasteiger partial charge in [-0.3, -0.25) is 18.9 Å². The number of aromatic amines is 1. The molecule has 0 saturated carbocycles. The lowest BCUT2D eigenvalue weighted by Crippen LogP contribution is -2.46. The van der Waals surface area contributed by atoms with Crippen molar-refractivity contribution in [1.29, 1.82) is 0 Å². The van der Waals surface area contributed by atoms with Crippen molar-refractivity contribution < 1.29 is 32.7 Å². The molecule has 2 radical (unpaired) electrons. The van der Waals surface area contributed by atoms with Crippen molar-refractivity contribution in [3.63, 3.8) is 0 Å². The number of halogens is 2. The standard InChI is InChI=1S/C16H14BClFN2O8P/c17-16(24,29-30(25)26-7-8-5-9(18)1-2-11(8)28-30)12-3-4-13(27-12)21-6-10(19)14(22)20-15(21)23/h1-2,5-6,12-13,24-25H,3-4,7H2/p+1. The summed E-state index contributed by atoms with van der Waals surface area (Å²) in [6.45, 7) is -0.101. The Labute approximate surface area is 175 Å². The zero-order valence-electron chi connectivity index (χ0n) is 15.2. The number of hydrogen-bond donors (Lipinski definition) is 3. The molecule has 158 valence electrons. The normalized spacial score (nSPS) is 27.9. The lowest BCUT2D eigenvalue weighted by molar-refractivity contribution is -0.181. The summed E-state index contributed by atoms with van der Waals surface area (Å²) < 4.78 is 35.6. The van der Waals surface area contributed by atoms with Crippen LogP contribution in [0.4, 0.5) is 4.39 Å². The van der Waals surface area contributed by atoms with Gasteiger partial charge < -0.3 is 9.84 Å². The van der Waals surface area contributed by atoms with Gasteiger partial charge in [0.2, 0.25) is 5.82 Å². The number of hydrogen-bond acceptors (Lipinski definition) is 8. The van der Waals surface area contributed by atoms with E-state index in [1.165, 1.54) is 12.1 Å². The molecule has 14 heteroatoms. The van der Waals surface area contributed by atoms with Gasteiger partial charge in [-0.2, -0.15) is 9.28 Å². The molecule has 0 spiro atoms. The molecule has 2 aliphatic heterocycles. The van der Waals surface area contributed by atoms with Gasteiger partial charge in [0.25, 0.3) is 5.56 Å². The van der Waals surface area contributed by atoms with Gasteiger partial charge in [-0.15, -0.1) is 9.05 Å². The van der Waals surface area contributed by atoms with Gasteiger partial charge in [0, 0.05) is 10.6 Å². The molecule has 4 atom stereocenters. The van der Waals surface area contributed by atoms with Gasteiger partial charge in [0.05, 0.1) is 6.20 Å². The van der Waals surface area contributed by atoms with Crippen molar-refractivity contribution >= 4 is 27.6 Å². The Morgan fingerprint density at radius 2 is 2.17 bits per heavy atom. The fourth-order valence-electron chi connectivity index (χ4n) is 3.14. The van der Waals surface area contributed by atoms with E-state index in [1.54, 1.807) is 6.07 Å². The SMILES string of the molecule is [B]C(O)(O[P+]1(O)OCc2cc(Cl)ccc2O1)C1CCC(n2cc(F)c(=O)[nH]c2=O)O1. The second-order valence-corrected chi connectivity index (χ2v) is 8.73. The predicted octanol–water partition coefficient (Wildman–Crippen LogP) is 1.12. The Bertz CT molecular complexity index is 1100. The van der Waals surface area contributed by atoms with E-state index in [4.69, 9.17) is 37.8 Å². The topological polar surface area (TPSA) is 132 Å². The Hall–Kier alpha value is -1.79. The largest absolute Gasteiger partial charge is 0.621 e. The number of aliphatic hydroxyl groups is 1. The molecule has 4 unspecified atom stereocenters. The van der Waals surface area contributed by atoms with E-state index in [0.29, 0.717) is 16.8 Å². The van der Waals surface area contributed by atoms with Gasteiger partial charge in [0.1, 0.15) is 18.9 Å². The van der Waals surface area contributed by atoms with Crippen LogP contribution in [-0.2, 0) is 20.4 Å². The predicted molar refractivity (Wildman–Crippen MR) is 102 cm³/mol. The summed E-state index contributed by atoms with van der Waals surface area (Å²) in [5, 5.41) is 11.0. The fraction of sp³-hybridized carbons (Fsp3) is 0.375. The van der Waals surface area contributed by atoms with Crippen LogP contribution in [0.1, 0.15) is 24.6 Å². The number of H-pyrrole nitrogens is 1. The average Bonchev–Trinajstić information content (AvgIpc) is 3.15. The number of rotatable bonds is 4. The Morgan fingerprint density at radius 1 is 1.40 bits per heavy atom. The number of benzene rings is 1. The maximum atomic E-state index is 13.5. The first-order valence-electron chi connectivity index (χ1n) is 8.69. The number of nitrogens with one attached hydrogen (secondary N) is 1. The van der Waals surface area contributed by atoms with Crippen molar-refractivity contribution in [3.05, 3.63) is 61.6 Å². The molecular formula is C16H15BClFN2O8P+. The number of ether oxygens (including phenoxy) is 1. The van der Waals surface area contributed by atoms with Crippen molar-refractivity contribution in [1.82, 2.24) is 9.55 Å². The Kier molecular flexibility index (Phi) is 5.52. The maximum Gasteiger partial charge on any atom is 0.621 e.